The van der Waals surface area contributed by atoms with Gasteiger partial charge in [0.25, 0.3) is 0 Å². The van der Waals surface area contributed by atoms with Crippen LogP contribution in [0.2, 0.25) is 0 Å². The van der Waals surface area contributed by atoms with E-state index in [1.807, 2.05) is 30.3 Å². The smallest absolute Gasteiger partial charge is 0.165 e. The molecule has 0 bridgehead atoms. The van der Waals surface area contributed by atoms with E-state index >= 15 is 0 Å². The molecule has 0 fully saturated rings. The van der Waals surface area contributed by atoms with Gasteiger partial charge in [-0.2, -0.15) is 0 Å². The highest BCUT2D eigenvalue weighted by molar-refractivity contribution is 5.46. The highest BCUT2D eigenvalue weighted by Gasteiger charge is 2.19. The molecule has 0 aliphatic carbocycles. The van der Waals surface area contributed by atoms with E-state index in [9.17, 15) is 19.0 Å². The van der Waals surface area contributed by atoms with E-state index in [-0.39, 0.29) is 0 Å². The number of benzene rings is 3. The second kappa shape index (κ2) is 6.08. The van der Waals surface area contributed by atoms with Gasteiger partial charge in [-0.1, -0.05) is 42.5 Å². The number of rotatable bonds is 3. The third-order valence-corrected chi connectivity index (χ3v) is 3.74. The average molecular weight is 312 g/mol. The zero-order valence-corrected chi connectivity index (χ0v) is 12.1. The zero-order chi connectivity index (χ0) is 16.4. The third-order valence-electron chi connectivity index (χ3n) is 3.74. The lowest BCUT2D eigenvalue weighted by molar-refractivity contribution is 0.431. The fourth-order valence-electron chi connectivity index (χ4n) is 2.63. The summed E-state index contributed by atoms with van der Waals surface area (Å²) in [4.78, 5) is 0. The lowest BCUT2D eigenvalue weighted by Gasteiger charge is -2.19. The summed E-state index contributed by atoms with van der Waals surface area (Å²) < 4.78 is 27.5. The summed E-state index contributed by atoms with van der Waals surface area (Å²) in [5, 5.41) is 18.8. The van der Waals surface area contributed by atoms with E-state index in [1.165, 1.54) is 24.3 Å². The van der Waals surface area contributed by atoms with E-state index in [4.69, 9.17) is 0 Å². The van der Waals surface area contributed by atoms with Crippen molar-refractivity contribution >= 4 is 0 Å². The second-order valence-electron chi connectivity index (χ2n) is 5.27. The van der Waals surface area contributed by atoms with Crippen LogP contribution in [0.4, 0.5) is 8.78 Å². The molecule has 0 saturated heterocycles. The van der Waals surface area contributed by atoms with Gasteiger partial charge < -0.3 is 10.2 Å². The van der Waals surface area contributed by atoms with E-state index in [2.05, 4.69) is 0 Å². The minimum absolute atomic E-state index is 0.415. The van der Waals surface area contributed by atoms with Gasteiger partial charge >= 0.3 is 0 Å². The number of halogens is 2. The molecule has 2 nitrogen and oxygen atoms in total. The maximum Gasteiger partial charge on any atom is 0.165 e. The summed E-state index contributed by atoms with van der Waals surface area (Å²) in [6.45, 7) is 0. The first-order valence-electron chi connectivity index (χ1n) is 7.08. The summed E-state index contributed by atoms with van der Waals surface area (Å²) in [5.41, 5.74) is 2.01. The second-order valence-corrected chi connectivity index (χ2v) is 5.27. The number of hydrogen-bond acceptors (Lipinski definition) is 2. The standard InChI is InChI=1S/C19H14F2O2/c20-15-10-13(6-8-17(15)22)19(12-4-2-1-3-5-12)14-7-9-18(23)16(21)11-14/h1-11,19,22-23H. The topological polar surface area (TPSA) is 40.5 Å². The SMILES string of the molecule is Oc1ccc(C(c2ccccc2)c2ccc(O)c(F)c2)cc1F. The fraction of sp³-hybridized carbons (Fsp3) is 0.0526. The minimum atomic E-state index is -0.734. The summed E-state index contributed by atoms with van der Waals surface area (Å²) in [6.07, 6.45) is 0. The Bertz CT molecular complexity index is 781. The van der Waals surface area contributed by atoms with Gasteiger partial charge in [0.1, 0.15) is 0 Å². The molecular formula is C19H14F2O2. The lowest BCUT2D eigenvalue weighted by Crippen LogP contribution is -2.04. The number of aromatic hydroxyl groups is 2. The quantitative estimate of drug-likeness (QED) is 0.696. The van der Waals surface area contributed by atoms with Crippen LogP contribution in [0.15, 0.2) is 66.7 Å². The van der Waals surface area contributed by atoms with Gasteiger partial charge in [0.2, 0.25) is 0 Å². The Balaban J connectivity index is 2.17. The zero-order valence-electron chi connectivity index (χ0n) is 12.1. The predicted octanol–water partition coefficient (Wildman–Crippen LogP) is 4.56. The summed E-state index contributed by atoms with van der Waals surface area (Å²) in [5.74, 6) is -2.75. The normalized spacial score (nSPS) is 10.9. The summed E-state index contributed by atoms with van der Waals surface area (Å²) in [6, 6.07) is 17.5. The Morgan fingerprint density at radius 3 is 1.52 bits per heavy atom. The first-order chi connectivity index (χ1) is 11.1. The Morgan fingerprint density at radius 2 is 1.09 bits per heavy atom. The van der Waals surface area contributed by atoms with Gasteiger partial charge in [-0.15, -0.1) is 0 Å². The fourth-order valence-corrected chi connectivity index (χ4v) is 2.63. The van der Waals surface area contributed by atoms with Gasteiger partial charge in [0, 0.05) is 5.92 Å². The van der Waals surface area contributed by atoms with Crippen molar-refractivity contribution in [2.45, 2.75) is 5.92 Å². The Kier molecular flexibility index (Phi) is 3.98. The number of phenolic OH excluding ortho intramolecular Hbond substituents is 2. The van der Waals surface area contributed by atoms with Crippen LogP contribution in [0.5, 0.6) is 11.5 Å². The Morgan fingerprint density at radius 1 is 0.609 bits per heavy atom. The van der Waals surface area contributed by atoms with Crippen molar-refractivity contribution in [2.24, 2.45) is 0 Å². The molecule has 0 saturated carbocycles. The van der Waals surface area contributed by atoms with Crippen LogP contribution in [0.25, 0.3) is 0 Å². The van der Waals surface area contributed by atoms with Crippen molar-refractivity contribution < 1.29 is 19.0 Å². The van der Waals surface area contributed by atoms with Gasteiger partial charge in [-0.3, -0.25) is 0 Å². The molecule has 0 heterocycles. The number of phenols is 2. The van der Waals surface area contributed by atoms with Crippen LogP contribution in [0.3, 0.4) is 0 Å². The molecule has 23 heavy (non-hydrogen) atoms. The number of hydrogen-bond donors (Lipinski definition) is 2. The van der Waals surface area contributed by atoms with Gasteiger partial charge in [0.15, 0.2) is 23.1 Å². The van der Waals surface area contributed by atoms with Crippen LogP contribution >= 0.6 is 0 Å². The monoisotopic (exact) mass is 312 g/mol. The van der Waals surface area contributed by atoms with Crippen LogP contribution < -0.4 is 0 Å². The Hall–Kier alpha value is -2.88. The summed E-state index contributed by atoms with van der Waals surface area (Å²) in [7, 11) is 0. The molecule has 2 N–H and O–H groups in total. The first kappa shape index (κ1) is 15.0. The van der Waals surface area contributed by atoms with Gasteiger partial charge in [-0.05, 0) is 41.0 Å². The molecule has 0 aliphatic rings. The molecule has 0 atom stereocenters. The van der Waals surface area contributed by atoms with Crippen LogP contribution in [-0.4, -0.2) is 10.2 Å². The van der Waals surface area contributed by atoms with Crippen molar-refractivity contribution in [2.75, 3.05) is 0 Å². The maximum absolute atomic E-state index is 13.8. The van der Waals surface area contributed by atoms with Crippen LogP contribution in [0.1, 0.15) is 22.6 Å². The summed E-state index contributed by atoms with van der Waals surface area (Å²) >= 11 is 0. The molecule has 0 spiro atoms. The molecule has 3 aromatic rings. The average Bonchev–Trinajstić information content (AvgIpc) is 2.55. The van der Waals surface area contributed by atoms with E-state index in [0.29, 0.717) is 11.1 Å². The molecular weight excluding hydrogens is 298 g/mol. The van der Waals surface area contributed by atoms with Crippen molar-refractivity contribution in [1.82, 2.24) is 0 Å². The van der Waals surface area contributed by atoms with E-state index in [1.54, 1.807) is 12.1 Å². The Labute approximate surface area is 132 Å². The molecule has 0 aliphatic heterocycles. The molecule has 4 heteroatoms. The highest BCUT2D eigenvalue weighted by Crippen LogP contribution is 2.35. The minimum Gasteiger partial charge on any atom is -0.505 e. The lowest BCUT2D eigenvalue weighted by atomic mass is 9.85. The predicted molar refractivity (Wildman–Crippen MR) is 83.5 cm³/mol. The first-order valence-corrected chi connectivity index (χ1v) is 7.08. The van der Waals surface area contributed by atoms with Crippen LogP contribution in [-0.2, 0) is 0 Å². The van der Waals surface area contributed by atoms with E-state index in [0.717, 1.165) is 5.56 Å². The van der Waals surface area contributed by atoms with Gasteiger partial charge in [0.05, 0.1) is 0 Å². The van der Waals surface area contributed by atoms with Crippen LogP contribution in [0, 0.1) is 11.6 Å². The molecule has 3 rings (SSSR count). The molecule has 3 aromatic carbocycles. The van der Waals surface area contributed by atoms with Crippen molar-refractivity contribution in [3.05, 3.63) is 95.1 Å². The molecule has 0 unspecified atom stereocenters. The molecule has 116 valence electrons. The molecule has 0 amide bonds. The molecule has 0 aromatic heterocycles. The molecule has 0 radical (unpaired) electrons. The van der Waals surface area contributed by atoms with E-state index < -0.39 is 29.1 Å². The van der Waals surface area contributed by atoms with Crippen molar-refractivity contribution in [3.63, 3.8) is 0 Å². The highest BCUT2D eigenvalue weighted by atomic mass is 19.1. The third kappa shape index (κ3) is 3.01. The van der Waals surface area contributed by atoms with Gasteiger partial charge in [-0.25, -0.2) is 8.78 Å². The van der Waals surface area contributed by atoms with Crippen molar-refractivity contribution in [3.8, 4) is 11.5 Å². The maximum atomic E-state index is 13.8. The van der Waals surface area contributed by atoms with Crippen molar-refractivity contribution in [1.29, 1.82) is 0 Å². The largest absolute Gasteiger partial charge is 0.505 e.